The summed E-state index contributed by atoms with van der Waals surface area (Å²) in [6.07, 6.45) is 0.221. The van der Waals surface area contributed by atoms with E-state index in [1.54, 1.807) is 0 Å². The van der Waals surface area contributed by atoms with Gasteiger partial charge in [0, 0.05) is 17.2 Å². The average molecular weight is 383 g/mol. The third-order valence-electron chi connectivity index (χ3n) is 3.29. The maximum Gasteiger partial charge on any atom is 0.309 e. The normalized spacial score (nSPS) is 11.3. The second-order valence-electron chi connectivity index (χ2n) is 5.10. The lowest BCUT2D eigenvalue weighted by Gasteiger charge is -2.07. The number of carbonyl (C=O) groups excluding carboxylic acids is 1. The lowest BCUT2D eigenvalue weighted by molar-refractivity contribution is -0.139. The van der Waals surface area contributed by atoms with E-state index in [4.69, 9.17) is 0 Å². The van der Waals surface area contributed by atoms with Crippen molar-refractivity contribution in [2.75, 3.05) is 19.4 Å². The zero-order valence-corrected chi connectivity index (χ0v) is 15.2. The number of hydrogen-bond donors (Lipinski definition) is 1. The Morgan fingerprint density at radius 3 is 2.36 bits per heavy atom. The predicted octanol–water partition coefficient (Wildman–Crippen LogP) is 2.61. The minimum absolute atomic E-state index is 0.0334. The summed E-state index contributed by atoms with van der Waals surface area (Å²) in [5.41, 5.74) is 0.855. The molecule has 0 aromatic heterocycles. The maximum absolute atomic E-state index is 12.8. The molecule has 1 N–H and O–H groups in total. The van der Waals surface area contributed by atoms with E-state index in [0.717, 1.165) is 22.6 Å². The molecule has 0 heterocycles. The second kappa shape index (κ2) is 8.98. The standard InChI is InChI=1S/C17H18FNO4S2/c1-23-17(20)12-13-2-6-15(7-3-13)24-11-10-19-25(21,22)16-8-4-14(18)5-9-16/h2-9,19H,10-12H2,1H3. The van der Waals surface area contributed by atoms with Gasteiger partial charge in [-0.15, -0.1) is 11.8 Å². The van der Waals surface area contributed by atoms with Crippen LogP contribution in [0.1, 0.15) is 5.56 Å². The summed E-state index contributed by atoms with van der Waals surface area (Å²) >= 11 is 1.49. The molecule has 2 aromatic rings. The molecule has 2 aromatic carbocycles. The minimum atomic E-state index is -3.64. The Morgan fingerprint density at radius 1 is 1.12 bits per heavy atom. The van der Waals surface area contributed by atoms with Gasteiger partial charge in [0.25, 0.3) is 0 Å². The van der Waals surface area contributed by atoms with Gasteiger partial charge < -0.3 is 4.74 Å². The Kier molecular flexibility index (Phi) is 6.98. The molecule has 0 aliphatic rings. The Bertz CT molecular complexity index is 806. The molecule has 0 spiro atoms. The van der Waals surface area contributed by atoms with Crippen molar-refractivity contribution in [3.8, 4) is 0 Å². The van der Waals surface area contributed by atoms with Crippen LogP contribution in [0.3, 0.4) is 0 Å². The first kappa shape index (κ1) is 19.4. The van der Waals surface area contributed by atoms with E-state index >= 15 is 0 Å². The number of benzene rings is 2. The van der Waals surface area contributed by atoms with Gasteiger partial charge in [-0.25, -0.2) is 17.5 Å². The van der Waals surface area contributed by atoms with Crippen molar-refractivity contribution >= 4 is 27.8 Å². The Morgan fingerprint density at radius 2 is 1.76 bits per heavy atom. The molecule has 134 valence electrons. The van der Waals surface area contributed by atoms with E-state index in [-0.39, 0.29) is 23.8 Å². The van der Waals surface area contributed by atoms with Crippen LogP contribution >= 0.6 is 11.8 Å². The Balaban J connectivity index is 1.80. The van der Waals surface area contributed by atoms with Crippen molar-refractivity contribution in [2.45, 2.75) is 16.2 Å². The average Bonchev–Trinajstić information content (AvgIpc) is 2.60. The summed E-state index contributed by atoms with van der Waals surface area (Å²) in [4.78, 5) is 12.2. The summed E-state index contributed by atoms with van der Waals surface area (Å²) in [6, 6.07) is 12.1. The van der Waals surface area contributed by atoms with Crippen molar-refractivity contribution in [3.05, 3.63) is 59.9 Å². The highest BCUT2D eigenvalue weighted by atomic mass is 32.2. The quantitative estimate of drug-likeness (QED) is 0.431. The van der Waals surface area contributed by atoms with Crippen LogP contribution in [0.2, 0.25) is 0 Å². The van der Waals surface area contributed by atoms with Gasteiger partial charge in [-0.3, -0.25) is 4.79 Å². The van der Waals surface area contributed by atoms with Crippen molar-refractivity contribution < 1.29 is 22.3 Å². The first-order valence-corrected chi connectivity index (χ1v) is 9.91. The van der Waals surface area contributed by atoms with Crippen LogP contribution in [-0.2, 0) is 26.0 Å². The number of sulfonamides is 1. The monoisotopic (exact) mass is 383 g/mol. The molecule has 0 fully saturated rings. The molecule has 0 aliphatic heterocycles. The molecule has 0 aliphatic carbocycles. The molecule has 2 rings (SSSR count). The summed E-state index contributed by atoms with van der Waals surface area (Å²) in [5, 5.41) is 0. The van der Waals surface area contributed by atoms with E-state index in [2.05, 4.69) is 9.46 Å². The summed E-state index contributed by atoms with van der Waals surface area (Å²) in [5.74, 6) is -0.239. The first-order chi connectivity index (χ1) is 11.9. The van der Waals surface area contributed by atoms with Crippen molar-refractivity contribution in [1.29, 1.82) is 0 Å². The molecule has 0 unspecified atom stereocenters. The number of ether oxygens (including phenoxy) is 1. The van der Waals surface area contributed by atoms with Crippen molar-refractivity contribution in [3.63, 3.8) is 0 Å². The largest absolute Gasteiger partial charge is 0.469 e. The number of methoxy groups -OCH3 is 1. The van der Waals surface area contributed by atoms with Crippen LogP contribution in [0, 0.1) is 5.82 Å². The number of halogens is 1. The molecular formula is C17H18FNO4S2. The molecule has 0 saturated heterocycles. The van der Waals surface area contributed by atoms with E-state index in [1.165, 1.54) is 31.0 Å². The van der Waals surface area contributed by atoms with Crippen LogP contribution in [-0.4, -0.2) is 33.8 Å². The van der Waals surface area contributed by atoms with Crippen molar-refractivity contribution in [2.24, 2.45) is 0 Å². The lowest BCUT2D eigenvalue weighted by atomic mass is 10.2. The molecule has 8 heteroatoms. The SMILES string of the molecule is COC(=O)Cc1ccc(SCCNS(=O)(=O)c2ccc(F)cc2)cc1. The molecule has 0 saturated carbocycles. The lowest BCUT2D eigenvalue weighted by Crippen LogP contribution is -2.26. The van der Waals surface area contributed by atoms with Gasteiger partial charge in [0.1, 0.15) is 5.82 Å². The highest BCUT2D eigenvalue weighted by molar-refractivity contribution is 7.99. The van der Waals surface area contributed by atoms with Gasteiger partial charge in [0.15, 0.2) is 0 Å². The van der Waals surface area contributed by atoms with Gasteiger partial charge in [-0.2, -0.15) is 0 Å². The third-order valence-corrected chi connectivity index (χ3v) is 5.78. The minimum Gasteiger partial charge on any atom is -0.469 e. The number of esters is 1. The Labute approximate surface area is 150 Å². The summed E-state index contributed by atoms with van der Waals surface area (Å²) < 4.78 is 44.0. The number of hydrogen-bond acceptors (Lipinski definition) is 5. The topological polar surface area (TPSA) is 72.5 Å². The van der Waals surface area contributed by atoms with E-state index < -0.39 is 15.8 Å². The van der Waals surface area contributed by atoms with E-state index in [9.17, 15) is 17.6 Å². The highest BCUT2D eigenvalue weighted by Crippen LogP contribution is 2.18. The number of carbonyl (C=O) groups is 1. The number of nitrogens with one attached hydrogen (secondary N) is 1. The van der Waals surface area contributed by atoms with Crippen molar-refractivity contribution in [1.82, 2.24) is 4.72 Å². The first-order valence-electron chi connectivity index (χ1n) is 7.44. The number of thioether (sulfide) groups is 1. The van der Waals surface area contributed by atoms with Gasteiger partial charge >= 0.3 is 5.97 Å². The smallest absolute Gasteiger partial charge is 0.309 e. The molecular weight excluding hydrogens is 365 g/mol. The Hall–Kier alpha value is -1.90. The number of rotatable bonds is 8. The second-order valence-corrected chi connectivity index (χ2v) is 8.03. The predicted molar refractivity (Wildman–Crippen MR) is 94.5 cm³/mol. The fourth-order valence-electron chi connectivity index (χ4n) is 1.98. The molecule has 5 nitrogen and oxygen atoms in total. The van der Waals surface area contributed by atoms with Crippen LogP contribution < -0.4 is 4.72 Å². The van der Waals surface area contributed by atoms with Gasteiger partial charge in [0.05, 0.1) is 18.4 Å². The van der Waals surface area contributed by atoms with Crippen LogP contribution in [0.15, 0.2) is 58.3 Å². The third kappa shape index (κ3) is 6.15. The molecule has 0 atom stereocenters. The summed E-state index contributed by atoms with van der Waals surface area (Å²) in [7, 11) is -2.29. The van der Waals surface area contributed by atoms with Gasteiger partial charge in [0.2, 0.25) is 10.0 Å². The zero-order chi connectivity index (χ0) is 18.3. The van der Waals surface area contributed by atoms with Crippen LogP contribution in [0.4, 0.5) is 4.39 Å². The maximum atomic E-state index is 12.8. The fourth-order valence-corrected chi connectivity index (χ4v) is 3.91. The molecule has 0 bridgehead atoms. The molecule has 0 radical (unpaired) electrons. The highest BCUT2D eigenvalue weighted by Gasteiger charge is 2.13. The van der Waals surface area contributed by atoms with E-state index in [0.29, 0.717) is 5.75 Å². The molecule has 0 amide bonds. The molecule has 25 heavy (non-hydrogen) atoms. The van der Waals surface area contributed by atoms with Crippen LogP contribution in [0.5, 0.6) is 0 Å². The van der Waals surface area contributed by atoms with Crippen LogP contribution in [0.25, 0.3) is 0 Å². The fraction of sp³-hybridized carbons (Fsp3) is 0.235. The van der Waals surface area contributed by atoms with Gasteiger partial charge in [-0.1, -0.05) is 12.1 Å². The zero-order valence-electron chi connectivity index (χ0n) is 13.6. The van der Waals surface area contributed by atoms with Gasteiger partial charge in [-0.05, 0) is 42.0 Å². The summed E-state index contributed by atoms with van der Waals surface area (Å²) in [6.45, 7) is 0.244. The van der Waals surface area contributed by atoms with E-state index in [1.807, 2.05) is 24.3 Å².